The largest absolute Gasteiger partial charge is 0.472 e. The van der Waals surface area contributed by atoms with Crippen molar-refractivity contribution >= 4 is 11.8 Å². The Morgan fingerprint density at radius 2 is 2.00 bits per heavy atom. The van der Waals surface area contributed by atoms with Crippen molar-refractivity contribution in [1.82, 2.24) is 0 Å². The van der Waals surface area contributed by atoms with E-state index in [1.54, 1.807) is 30.3 Å². The minimum atomic E-state index is -0.400. The zero-order chi connectivity index (χ0) is 11.4. The van der Waals surface area contributed by atoms with Crippen LogP contribution in [0.2, 0.25) is 0 Å². The van der Waals surface area contributed by atoms with E-state index >= 15 is 0 Å². The predicted molar refractivity (Wildman–Crippen MR) is 60.0 cm³/mol. The molecule has 0 aliphatic rings. The van der Waals surface area contributed by atoms with Crippen molar-refractivity contribution in [1.29, 1.82) is 0 Å². The number of nitrogens with zero attached hydrogens (tertiary/aromatic N) is 1. The lowest BCUT2D eigenvalue weighted by molar-refractivity contribution is -0.374. The molecule has 2 aromatic rings. The lowest BCUT2D eigenvalue weighted by Crippen LogP contribution is -1.97. The molecule has 4 heteroatoms. The summed E-state index contributed by atoms with van der Waals surface area (Å²) in [4.78, 5) is 10.5. The van der Waals surface area contributed by atoms with Gasteiger partial charge in [0.05, 0.1) is 23.0 Å². The standard InChI is InChI=1S/C12H9NO3/c14-13(15)12(8-10-6-7-16-9-10)11-4-2-1-3-5-11/h1-9H. The van der Waals surface area contributed by atoms with Crippen molar-refractivity contribution in [3.63, 3.8) is 0 Å². The first-order valence-corrected chi connectivity index (χ1v) is 4.71. The molecule has 0 spiro atoms. The summed E-state index contributed by atoms with van der Waals surface area (Å²) in [7, 11) is 0. The molecular weight excluding hydrogens is 206 g/mol. The average molecular weight is 215 g/mol. The van der Waals surface area contributed by atoms with E-state index in [0.29, 0.717) is 11.1 Å². The molecule has 0 unspecified atom stereocenters. The van der Waals surface area contributed by atoms with Crippen LogP contribution in [0.1, 0.15) is 11.1 Å². The Labute approximate surface area is 92.0 Å². The summed E-state index contributed by atoms with van der Waals surface area (Å²) in [5, 5.41) is 10.9. The fraction of sp³-hybridized carbons (Fsp3) is 0. The van der Waals surface area contributed by atoms with Crippen LogP contribution in [0.3, 0.4) is 0 Å². The molecule has 0 saturated carbocycles. The quantitative estimate of drug-likeness (QED) is 0.584. The van der Waals surface area contributed by atoms with E-state index in [2.05, 4.69) is 0 Å². The van der Waals surface area contributed by atoms with Crippen LogP contribution in [0, 0.1) is 10.1 Å². The summed E-state index contributed by atoms with van der Waals surface area (Å²) in [5.74, 6) is 0. The fourth-order valence-electron chi connectivity index (χ4n) is 1.37. The molecule has 0 saturated heterocycles. The van der Waals surface area contributed by atoms with Gasteiger partial charge >= 0.3 is 0 Å². The summed E-state index contributed by atoms with van der Waals surface area (Å²) in [6.07, 6.45) is 4.43. The van der Waals surface area contributed by atoms with E-state index in [1.807, 2.05) is 6.07 Å². The summed E-state index contributed by atoms with van der Waals surface area (Å²) in [6.45, 7) is 0. The zero-order valence-electron chi connectivity index (χ0n) is 8.37. The van der Waals surface area contributed by atoms with Gasteiger partial charge in [0.15, 0.2) is 0 Å². The van der Waals surface area contributed by atoms with Gasteiger partial charge in [0, 0.05) is 11.6 Å². The van der Waals surface area contributed by atoms with Gasteiger partial charge in [-0.15, -0.1) is 0 Å². The van der Waals surface area contributed by atoms with Gasteiger partial charge < -0.3 is 4.42 Å². The highest BCUT2D eigenvalue weighted by Gasteiger charge is 2.13. The molecule has 2 rings (SSSR count). The second-order valence-corrected chi connectivity index (χ2v) is 3.21. The van der Waals surface area contributed by atoms with Crippen molar-refractivity contribution < 1.29 is 9.34 Å². The number of nitro groups is 1. The predicted octanol–water partition coefficient (Wildman–Crippen LogP) is 3.05. The van der Waals surface area contributed by atoms with Crippen LogP contribution in [0.5, 0.6) is 0 Å². The van der Waals surface area contributed by atoms with Crippen molar-refractivity contribution in [2.24, 2.45) is 0 Å². The first-order chi connectivity index (χ1) is 7.77. The topological polar surface area (TPSA) is 56.3 Å². The maximum Gasteiger partial charge on any atom is 0.277 e. The van der Waals surface area contributed by atoms with E-state index < -0.39 is 4.92 Å². The van der Waals surface area contributed by atoms with Gasteiger partial charge in [-0.2, -0.15) is 0 Å². The molecule has 0 N–H and O–H groups in total. The zero-order valence-corrected chi connectivity index (χ0v) is 8.37. The monoisotopic (exact) mass is 215 g/mol. The maximum atomic E-state index is 10.9. The van der Waals surface area contributed by atoms with Gasteiger partial charge in [0.25, 0.3) is 5.70 Å². The Morgan fingerprint density at radius 1 is 1.25 bits per heavy atom. The number of rotatable bonds is 3. The highest BCUT2D eigenvalue weighted by atomic mass is 16.6. The second kappa shape index (κ2) is 4.44. The maximum absolute atomic E-state index is 10.9. The van der Waals surface area contributed by atoms with Crippen LogP contribution in [0.25, 0.3) is 11.8 Å². The highest BCUT2D eigenvalue weighted by Crippen LogP contribution is 2.18. The third-order valence-corrected chi connectivity index (χ3v) is 2.11. The number of hydrogen-bond acceptors (Lipinski definition) is 3. The molecule has 0 radical (unpaired) electrons. The van der Waals surface area contributed by atoms with Gasteiger partial charge in [-0.05, 0) is 18.2 Å². The molecule has 0 bridgehead atoms. The third kappa shape index (κ3) is 2.17. The minimum absolute atomic E-state index is 0.0574. The molecular formula is C12H9NO3. The van der Waals surface area contributed by atoms with Crippen LogP contribution in [0.4, 0.5) is 0 Å². The average Bonchev–Trinajstić information content (AvgIpc) is 2.79. The fourth-order valence-corrected chi connectivity index (χ4v) is 1.37. The molecule has 0 fully saturated rings. The van der Waals surface area contributed by atoms with Crippen LogP contribution in [-0.2, 0) is 0 Å². The summed E-state index contributed by atoms with van der Waals surface area (Å²) >= 11 is 0. The Bertz CT molecular complexity index is 500. The van der Waals surface area contributed by atoms with Gasteiger partial charge in [0.1, 0.15) is 0 Å². The van der Waals surface area contributed by atoms with Crippen molar-refractivity contribution in [3.8, 4) is 0 Å². The third-order valence-electron chi connectivity index (χ3n) is 2.11. The first kappa shape index (κ1) is 10.2. The van der Waals surface area contributed by atoms with Gasteiger partial charge in [-0.1, -0.05) is 18.2 Å². The number of hydrogen-bond donors (Lipinski definition) is 0. The Morgan fingerprint density at radius 3 is 2.56 bits per heavy atom. The van der Waals surface area contributed by atoms with E-state index in [1.165, 1.54) is 18.6 Å². The molecule has 1 aromatic carbocycles. The van der Waals surface area contributed by atoms with Crippen molar-refractivity contribution in [3.05, 3.63) is 70.2 Å². The van der Waals surface area contributed by atoms with E-state index in [-0.39, 0.29) is 5.70 Å². The molecule has 0 atom stereocenters. The normalized spacial score (nSPS) is 11.4. The molecule has 1 heterocycles. The molecule has 4 nitrogen and oxygen atoms in total. The minimum Gasteiger partial charge on any atom is -0.472 e. The summed E-state index contributed by atoms with van der Waals surface area (Å²) < 4.78 is 4.86. The van der Waals surface area contributed by atoms with Crippen LogP contribution in [0.15, 0.2) is 53.3 Å². The van der Waals surface area contributed by atoms with E-state index in [9.17, 15) is 10.1 Å². The van der Waals surface area contributed by atoms with Crippen LogP contribution < -0.4 is 0 Å². The summed E-state index contributed by atoms with van der Waals surface area (Å²) in [5.41, 5.74) is 1.31. The van der Waals surface area contributed by atoms with E-state index in [0.717, 1.165) is 0 Å². The molecule has 16 heavy (non-hydrogen) atoms. The van der Waals surface area contributed by atoms with Crippen LogP contribution >= 0.6 is 0 Å². The lowest BCUT2D eigenvalue weighted by Gasteiger charge is -1.97. The molecule has 0 amide bonds. The van der Waals surface area contributed by atoms with Gasteiger partial charge in [-0.25, -0.2) is 0 Å². The Balaban J connectivity index is 2.43. The number of benzene rings is 1. The highest BCUT2D eigenvalue weighted by molar-refractivity contribution is 5.75. The van der Waals surface area contributed by atoms with Crippen LogP contribution in [-0.4, -0.2) is 4.92 Å². The van der Waals surface area contributed by atoms with Crippen molar-refractivity contribution in [2.75, 3.05) is 0 Å². The smallest absolute Gasteiger partial charge is 0.277 e. The van der Waals surface area contributed by atoms with Gasteiger partial charge in [-0.3, -0.25) is 10.1 Å². The first-order valence-electron chi connectivity index (χ1n) is 4.71. The lowest BCUT2D eigenvalue weighted by atomic mass is 10.1. The molecule has 1 aromatic heterocycles. The van der Waals surface area contributed by atoms with E-state index in [4.69, 9.17) is 4.42 Å². The second-order valence-electron chi connectivity index (χ2n) is 3.21. The Kier molecular flexibility index (Phi) is 2.82. The number of furan rings is 1. The Hall–Kier alpha value is -2.36. The summed E-state index contributed by atoms with van der Waals surface area (Å²) in [6, 6.07) is 10.4. The molecule has 0 aliphatic heterocycles. The molecule has 80 valence electrons. The SMILES string of the molecule is O=[N+]([O-])C(=Cc1ccoc1)c1ccccc1. The van der Waals surface area contributed by atoms with Gasteiger partial charge in [0.2, 0.25) is 0 Å². The molecule has 0 aliphatic carbocycles. The van der Waals surface area contributed by atoms with Crippen molar-refractivity contribution in [2.45, 2.75) is 0 Å².